The zero-order valence-corrected chi connectivity index (χ0v) is 9.39. The first-order valence-corrected chi connectivity index (χ1v) is 5.40. The number of aliphatic hydroxyl groups is 4. The molecule has 0 saturated heterocycles. The maximum Gasteiger partial charge on any atom is 0.188 e. The van der Waals surface area contributed by atoms with Crippen LogP contribution in [-0.2, 0) is 0 Å². The lowest BCUT2D eigenvalue weighted by molar-refractivity contribution is -0.0766. The summed E-state index contributed by atoms with van der Waals surface area (Å²) in [4.78, 5) is 15.0. The highest BCUT2D eigenvalue weighted by atomic mass is 32.1. The van der Waals surface area contributed by atoms with Crippen molar-refractivity contribution >= 4 is 17.1 Å². The predicted molar refractivity (Wildman–Crippen MR) is 56.2 cm³/mol. The Morgan fingerprint density at radius 1 is 1.50 bits per heavy atom. The van der Waals surface area contributed by atoms with Crippen LogP contribution in [0, 0.1) is 0 Å². The van der Waals surface area contributed by atoms with Gasteiger partial charge in [0.15, 0.2) is 10.8 Å². The monoisotopic (exact) mass is 247 g/mol. The Bertz CT molecular complexity index is 367. The van der Waals surface area contributed by atoms with E-state index in [1.165, 1.54) is 13.1 Å². The van der Waals surface area contributed by atoms with Crippen molar-refractivity contribution in [2.24, 2.45) is 0 Å². The summed E-state index contributed by atoms with van der Waals surface area (Å²) in [7, 11) is 0. The maximum absolute atomic E-state index is 11.0. The third-order valence-corrected chi connectivity index (χ3v) is 3.19. The molecule has 16 heavy (non-hydrogen) atoms. The molecule has 0 aliphatic rings. The minimum Gasteiger partial charge on any atom is -0.394 e. The van der Waals surface area contributed by atoms with Crippen LogP contribution in [-0.4, -0.2) is 50.0 Å². The van der Waals surface area contributed by atoms with Crippen LogP contribution in [0.25, 0.3) is 0 Å². The Labute approximate surface area is 95.8 Å². The molecule has 0 spiro atoms. The lowest BCUT2D eigenvalue weighted by Gasteiger charge is -2.19. The molecule has 3 unspecified atom stereocenters. The van der Waals surface area contributed by atoms with Gasteiger partial charge in [0, 0.05) is 13.1 Å². The Hall–Kier alpha value is -0.860. The smallest absolute Gasteiger partial charge is 0.188 e. The van der Waals surface area contributed by atoms with Crippen LogP contribution in [0.1, 0.15) is 27.7 Å². The summed E-state index contributed by atoms with van der Waals surface area (Å²) >= 11 is 0.942. The van der Waals surface area contributed by atoms with Crippen molar-refractivity contribution in [2.75, 3.05) is 6.61 Å². The van der Waals surface area contributed by atoms with Crippen molar-refractivity contribution in [3.63, 3.8) is 0 Å². The van der Waals surface area contributed by atoms with Gasteiger partial charge in [0.1, 0.15) is 18.3 Å². The highest BCUT2D eigenvalue weighted by molar-refractivity contribution is 7.13. The minimum atomic E-state index is -1.51. The summed E-state index contributed by atoms with van der Waals surface area (Å²) in [5.41, 5.74) is 0. The van der Waals surface area contributed by atoms with E-state index in [1.54, 1.807) is 0 Å². The number of carbonyl (C=O) groups is 1. The number of ketones is 1. The summed E-state index contributed by atoms with van der Waals surface area (Å²) in [6.07, 6.45) is -3.05. The molecule has 0 saturated carbocycles. The van der Waals surface area contributed by atoms with E-state index in [4.69, 9.17) is 10.2 Å². The summed E-state index contributed by atoms with van der Waals surface area (Å²) in [5, 5.41) is 37.0. The molecule has 0 aromatic carbocycles. The van der Waals surface area contributed by atoms with Gasteiger partial charge in [0.2, 0.25) is 0 Å². The summed E-state index contributed by atoms with van der Waals surface area (Å²) in [5.74, 6) is -0.236. The van der Waals surface area contributed by atoms with Crippen LogP contribution >= 0.6 is 11.3 Å². The van der Waals surface area contributed by atoms with Gasteiger partial charge in [-0.15, -0.1) is 11.3 Å². The molecule has 0 amide bonds. The molecule has 4 N–H and O–H groups in total. The first kappa shape index (κ1) is 13.2. The minimum absolute atomic E-state index is 0.222. The first-order chi connectivity index (χ1) is 7.47. The largest absolute Gasteiger partial charge is 0.394 e. The van der Waals surface area contributed by atoms with E-state index in [1.807, 2.05) is 0 Å². The van der Waals surface area contributed by atoms with Crippen LogP contribution in [0.4, 0.5) is 0 Å². The topological polar surface area (TPSA) is 111 Å². The van der Waals surface area contributed by atoms with Crippen LogP contribution < -0.4 is 0 Å². The van der Waals surface area contributed by atoms with Crippen LogP contribution in [0.2, 0.25) is 0 Å². The fourth-order valence-corrected chi connectivity index (χ4v) is 1.91. The number of hydrogen-bond acceptors (Lipinski definition) is 7. The fourth-order valence-electron chi connectivity index (χ4n) is 1.07. The highest BCUT2D eigenvalue weighted by Crippen LogP contribution is 2.25. The molecule has 0 bridgehead atoms. The predicted octanol–water partition coefficient (Wildman–Crippen LogP) is -0.907. The zero-order valence-electron chi connectivity index (χ0n) is 8.57. The lowest BCUT2D eigenvalue weighted by atomic mass is 10.1. The van der Waals surface area contributed by atoms with Gasteiger partial charge in [-0.1, -0.05) is 0 Å². The molecule has 0 aliphatic carbocycles. The summed E-state index contributed by atoms with van der Waals surface area (Å²) < 4.78 is 0. The van der Waals surface area contributed by atoms with E-state index in [0.717, 1.165) is 11.3 Å². The van der Waals surface area contributed by atoms with Gasteiger partial charge >= 0.3 is 0 Å². The maximum atomic E-state index is 11.0. The van der Waals surface area contributed by atoms with Gasteiger partial charge in [-0.25, -0.2) is 4.98 Å². The lowest BCUT2D eigenvalue weighted by Crippen LogP contribution is -2.34. The van der Waals surface area contributed by atoms with Gasteiger partial charge in [-0.2, -0.15) is 0 Å². The second kappa shape index (κ2) is 5.46. The first-order valence-electron chi connectivity index (χ1n) is 4.59. The number of aromatic nitrogens is 1. The van der Waals surface area contributed by atoms with Gasteiger partial charge in [-0.3, -0.25) is 4.79 Å². The van der Waals surface area contributed by atoms with Crippen molar-refractivity contribution in [3.8, 4) is 0 Å². The van der Waals surface area contributed by atoms with Crippen molar-refractivity contribution in [2.45, 2.75) is 25.2 Å². The number of carbonyl (C=O) groups excluding carboxylic acids is 1. The summed E-state index contributed by atoms with van der Waals surface area (Å²) in [6, 6.07) is 0. The average molecular weight is 247 g/mol. The Kier molecular flexibility index (Phi) is 4.51. The molecule has 7 heteroatoms. The second-order valence-corrected chi connectivity index (χ2v) is 4.37. The second-order valence-electron chi connectivity index (χ2n) is 3.31. The molecule has 90 valence electrons. The number of rotatable bonds is 5. The SMILES string of the molecule is CC(=O)c1ncc(C(O)C(O)C(O)CO)s1. The van der Waals surface area contributed by atoms with E-state index in [2.05, 4.69) is 4.98 Å². The zero-order chi connectivity index (χ0) is 12.3. The number of hydrogen-bond donors (Lipinski definition) is 4. The fraction of sp³-hybridized carbons (Fsp3) is 0.556. The van der Waals surface area contributed by atoms with Gasteiger partial charge in [0.25, 0.3) is 0 Å². The molecule has 0 radical (unpaired) electrons. The molecule has 0 fully saturated rings. The van der Waals surface area contributed by atoms with Gasteiger partial charge in [0.05, 0.1) is 11.5 Å². The van der Waals surface area contributed by atoms with Crippen molar-refractivity contribution in [1.82, 2.24) is 4.98 Å². The molecule has 0 aliphatic heterocycles. The standard InChI is InChI=1S/C9H13NO5S/c1-4(12)9-10-2-6(16-9)8(15)7(14)5(13)3-11/h2,5,7-8,11,13-15H,3H2,1H3. The van der Waals surface area contributed by atoms with Crippen molar-refractivity contribution < 1.29 is 25.2 Å². The van der Waals surface area contributed by atoms with Crippen molar-refractivity contribution in [3.05, 3.63) is 16.1 Å². The molecule has 3 atom stereocenters. The number of nitrogens with zero attached hydrogens (tertiary/aromatic N) is 1. The molecular formula is C9H13NO5S. The van der Waals surface area contributed by atoms with Crippen LogP contribution in [0.15, 0.2) is 6.20 Å². The molecule has 6 nitrogen and oxygen atoms in total. The Morgan fingerprint density at radius 2 is 2.12 bits per heavy atom. The van der Waals surface area contributed by atoms with Crippen LogP contribution in [0.3, 0.4) is 0 Å². The van der Waals surface area contributed by atoms with E-state index < -0.39 is 24.9 Å². The average Bonchev–Trinajstić information content (AvgIpc) is 2.75. The third-order valence-electron chi connectivity index (χ3n) is 2.02. The number of aliphatic hydroxyl groups excluding tert-OH is 4. The van der Waals surface area contributed by atoms with E-state index in [0.29, 0.717) is 0 Å². The van der Waals surface area contributed by atoms with E-state index >= 15 is 0 Å². The Morgan fingerprint density at radius 3 is 2.56 bits per heavy atom. The van der Waals surface area contributed by atoms with Crippen LogP contribution in [0.5, 0.6) is 0 Å². The van der Waals surface area contributed by atoms with E-state index in [-0.39, 0.29) is 15.7 Å². The highest BCUT2D eigenvalue weighted by Gasteiger charge is 2.27. The summed E-state index contributed by atoms with van der Waals surface area (Å²) in [6.45, 7) is 0.685. The number of Topliss-reactive ketones (excluding diaryl/α,β-unsaturated/α-hetero) is 1. The number of thiazole rings is 1. The quantitative estimate of drug-likeness (QED) is 0.501. The molecular weight excluding hydrogens is 234 g/mol. The third kappa shape index (κ3) is 2.83. The molecule has 1 rings (SSSR count). The van der Waals surface area contributed by atoms with E-state index in [9.17, 15) is 15.0 Å². The van der Waals surface area contributed by atoms with Crippen molar-refractivity contribution in [1.29, 1.82) is 0 Å². The van der Waals surface area contributed by atoms with Gasteiger partial charge in [-0.05, 0) is 0 Å². The molecule has 1 aromatic rings. The molecule has 1 heterocycles. The normalized spacial score (nSPS) is 16.8. The Balaban J connectivity index is 2.79. The van der Waals surface area contributed by atoms with Gasteiger partial charge < -0.3 is 20.4 Å². The molecule has 1 aromatic heterocycles.